The zero-order valence-corrected chi connectivity index (χ0v) is 23.3. The van der Waals surface area contributed by atoms with Crippen molar-refractivity contribution in [1.29, 1.82) is 0 Å². The monoisotopic (exact) mass is 544 g/mol. The molecule has 1 N–H and O–H groups in total. The normalized spacial score (nSPS) is 15.0. The molecular formula is C25H32N6O4S2. The van der Waals surface area contributed by atoms with Crippen LogP contribution in [0.5, 0.6) is 5.88 Å². The number of aromatic nitrogens is 2. The van der Waals surface area contributed by atoms with E-state index in [9.17, 15) is 13.2 Å². The third-order valence-electron chi connectivity index (χ3n) is 6.33. The van der Waals surface area contributed by atoms with Gasteiger partial charge < -0.3 is 9.64 Å². The number of thiazole rings is 1. The Morgan fingerprint density at radius 2 is 1.81 bits per heavy atom. The van der Waals surface area contributed by atoms with Crippen molar-refractivity contribution >= 4 is 48.3 Å². The van der Waals surface area contributed by atoms with Gasteiger partial charge in [-0.3, -0.25) is 15.1 Å². The van der Waals surface area contributed by atoms with Gasteiger partial charge in [-0.05, 0) is 59.0 Å². The maximum atomic E-state index is 13.3. The maximum Gasteiger partial charge on any atom is 0.278 e. The Hall–Kier alpha value is -3.09. The number of hydrazone groups is 1. The highest BCUT2D eigenvalue weighted by molar-refractivity contribution is 7.90. The number of amides is 1. The molecule has 37 heavy (non-hydrogen) atoms. The summed E-state index contributed by atoms with van der Waals surface area (Å²) >= 11 is 1.25. The van der Waals surface area contributed by atoms with E-state index < -0.39 is 15.7 Å². The second kappa shape index (κ2) is 10.7. The fourth-order valence-corrected chi connectivity index (χ4v) is 4.96. The van der Waals surface area contributed by atoms with Crippen molar-refractivity contribution in [3.05, 3.63) is 42.0 Å². The summed E-state index contributed by atoms with van der Waals surface area (Å²) in [6.07, 6.45) is 3.16. The smallest absolute Gasteiger partial charge is 0.278 e. The van der Waals surface area contributed by atoms with Crippen LogP contribution in [0.25, 0.3) is 10.3 Å². The number of benzene rings is 1. The zero-order valence-electron chi connectivity index (χ0n) is 21.7. The number of sulfone groups is 1. The van der Waals surface area contributed by atoms with Crippen LogP contribution in [0.1, 0.15) is 32.3 Å². The maximum absolute atomic E-state index is 13.3. The standard InChI is InChI=1S/C25H32N6O4S2/c1-25(2,30(3)4)16-35-20-13-12-19-23(27-20)36-24(26-19)28-22(32)21(29-31-14-6-7-15-31)17-8-10-18(11-9-17)37(5,33)34/h8-13H,6-7,14-16H2,1-5H3,(H,26,28,32)/b29-21+. The van der Waals surface area contributed by atoms with Crippen LogP contribution < -0.4 is 10.1 Å². The molecule has 0 aliphatic carbocycles. The van der Waals surface area contributed by atoms with E-state index >= 15 is 0 Å². The van der Waals surface area contributed by atoms with Gasteiger partial charge in [-0.15, -0.1) is 0 Å². The minimum atomic E-state index is -3.35. The van der Waals surface area contributed by atoms with E-state index in [4.69, 9.17) is 4.74 Å². The fraction of sp³-hybridized carbons (Fsp3) is 0.440. The number of carbonyl (C=O) groups is 1. The summed E-state index contributed by atoms with van der Waals surface area (Å²) in [7, 11) is 0.649. The average molecular weight is 545 g/mol. The van der Waals surface area contributed by atoms with Gasteiger partial charge in [-0.2, -0.15) is 5.10 Å². The molecule has 2 aromatic heterocycles. The first-order valence-corrected chi connectivity index (χ1v) is 14.7. The van der Waals surface area contributed by atoms with Gasteiger partial charge in [-0.1, -0.05) is 23.5 Å². The van der Waals surface area contributed by atoms with E-state index in [2.05, 4.69) is 39.1 Å². The molecule has 0 bridgehead atoms. The van der Waals surface area contributed by atoms with Gasteiger partial charge >= 0.3 is 0 Å². The number of ether oxygens (including phenoxy) is 1. The SMILES string of the molecule is CN(C)C(C)(C)COc1ccc2nc(NC(=O)/C(=N/N3CCCC3)c3ccc(S(C)(=O)=O)cc3)sc2n1. The molecule has 1 aliphatic rings. The summed E-state index contributed by atoms with van der Waals surface area (Å²) in [5.41, 5.74) is 1.21. The number of hydrogen-bond acceptors (Lipinski definition) is 10. The molecule has 1 aromatic carbocycles. The Bertz CT molecular complexity index is 1410. The number of likely N-dealkylation sites (N-methyl/N-ethyl adjacent to an activating group) is 1. The molecule has 1 amide bonds. The second-order valence-corrected chi connectivity index (χ2v) is 12.8. The van der Waals surface area contributed by atoms with Gasteiger partial charge in [0, 0.05) is 36.5 Å². The van der Waals surface area contributed by atoms with Crippen LogP contribution in [0.15, 0.2) is 46.4 Å². The van der Waals surface area contributed by atoms with Crippen molar-refractivity contribution in [2.45, 2.75) is 37.1 Å². The third-order valence-corrected chi connectivity index (χ3v) is 8.34. The van der Waals surface area contributed by atoms with E-state index in [0.29, 0.717) is 33.5 Å². The van der Waals surface area contributed by atoms with Gasteiger partial charge in [0.15, 0.2) is 20.7 Å². The van der Waals surface area contributed by atoms with Gasteiger partial charge in [0.2, 0.25) is 5.88 Å². The quantitative estimate of drug-likeness (QED) is 0.408. The van der Waals surface area contributed by atoms with Crippen LogP contribution in [0.2, 0.25) is 0 Å². The molecule has 4 rings (SSSR count). The molecule has 1 saturated heterocycles. The van der Waals surface area contributed by atoms with Crippen LogP contribution in [-0.2, 0) is 14.6 Å². The van der Waals surface area contributed by atoms with Crippen molar-refractivity contribution in [2.24, 2.45) is 5.10 Å². The van der Waals surface area contributed by atoms with Crippen molar-refractivity contribution in [3.63, 3.8) is 0 Å². The molecule has 0 unspecified atom stereocenters. The lowest BCUT2D eigenvalue weighted by Crippen LogP contribution is -2.43. The Balaban J connectivity index is 1.55. The molecule has 198 valence electrons. The van der Waals surface area contributed by atoms with E-state index in [1.807, 2.05) is 25.2 Å². The number of hydrogen-bond donors (Lipinski definition) is 1. The van der Waals surface area contributed by atoms with E-state index in [0.717, 1.165) is 32.2 Å². The Kier molecular flexibility index (Phi) is 7.81. The first-order chi connectivity index (χ1) is 17.4. The van der Waals surface area contributed by atoms with E-state index in [1.54, 1.807) is 18.2 Å². The van der Waals surface area contributed by atoms with Gasteiger partial charge in [0.1, 0.15) is 17.0 Å². The topological polar surface area (TPSA) is 117 Å². The Labute approximate surface area is 221 Å². The summed E-state index contributed by atoms with van der Waals surface area (Å²) < 4.78 is 29.6. The summed E-state index contributed by atoms with van der Waals surface area (Å²) in [5, 5.41) is 9.68. The molecule has 10 nitrogen and oxygen atoms in total. The lowest BCUT2D eigenvalue weighted by atomic mass is 10.1. The number of nitrogens with one attached hydrogen (secondary N) is 1. The summed E-state index contributed by atoms with van der Waals surface area (Å²) in [5.74, 6) is 0.0634. The first-order valence-electron chi connectivity index (χ1n) is 12.0. The van der Waals surface area contributed by atoms with Crippen LogP contribution in [-0.4, -0.2) is 85.5 Å². The number of anilines is 1. The average Bonchev–Trinajstić information content (AvgIpc) is 3.49. The minimum absolute atomic E-state index is 0.159. The van der Waals surface area contributed by atoms with Crippen molar-refractivity contribution in [2.75, 3.05) is 45.4 Å². The lowest BCUT2D eigenvalue weighted by molar-refractivity contribution is -0.110. The second-order valence-electron chi connectivity index (χ2n) is 9.85. The number of rotatable bonds is 9. The predicted molar refractivity (Wildman–Crippen MR) is 146 cm³/mol. The Morgan fingerprint density at radius 3 is 2.43 bits per heavy atom. The highest BCUT2D eigenvalue weighted by atomic mass is 32.2. The highest BCUT2D eigenvalue weighted by Gasteiger charge is 2.23. The lowest BCUT2D eigenvalue weighted by Gasteiger charge is -2.31. The highest BCUT2D eigenvalue weighted by Crippen LogP contribution is 2.27. The van der Waals surface area contributed by atoms with Gasteiger partial charge in [-0.25, -0.2) is 18.4 Å². The molecule has 1 aliphatic heterocycles. The molecule has 0 spiro atoms. The van der Waals surface area contributed by atoms with Crippen LogP contribution in [0, 0.1) is 0 Å². The summed E-state index contributed by atoms with van der Waals surface area (Å²) in [6, 6.07) is 9.75. The van der Waals surface area contributed by atoms with Gasteiger partial charge in [0.25, 0.3) is 5.91 Å². The van der Waals surface area contributed by atoms with Crippen molar-refractivity contribution < 1.29 is 17.9 Å². The van der Waals surface area contributed by atoms with Crippen LogP contribution in [0.3, 0.4) is 0 Å². The van der Waals surface area contributed by atoms with E-state index in [-0.39, 0.29) is 16.1 Å². The molecule has 3 heterocycles. The predicted octanol–water partition coefficient (Wildman–Crippen LogP) is 3.25. The number of carbonyl (C=O) groups excluding carboxylic acids is 1. The Morgan fingerprint density at radius 1 is 1.14 bits per heavy atom. The van der Waals surface area contributed by atoms with Gasteiger partial charge in [0.05, 0.1) is 4.90 Å². The molecule has 12 heteroatoms. The molecule has 3 aromatic rings. The zero-order chi connectivity index (χ0) is 26.8. The van der Waals surface area contributed by atoms with E-state index in [1.165, 1.54) is 23.5 Å². The first kappa shape index (κ1) is 27.0. The fourth-order valence-electron chi connectivity index (χ4n) is 3.51. The van der Waals surface area contributed by atoms with Crippen LogP contribution >= 0.6 is 11.3 Å². The number of nitrogens with zero attached hydrogens (tertiary/aromatic N) is 5. The molecule has 0 radical (unpaired) electrons. The molecule has 0 saturated carbocycles. The summed E-state index contributed by atoms with van der Waals surface area (Å²) in [6.45, 7) is 6.16. The van der Waals surface area contributed by atoms with Crippen LogP contribution in [0.4, 0.5) is 5.13 Å². The van der Waals surface area contributed by atoms with Crippen molar-refractivity contribution in [3.8, 4) is 5.88 Å². The molecule has 0 atom stereocenters. The largest absolute Gasteiger partial charge is 0.476 e. The minimum Gasteiger partial charge on any atom is -0.476 e. The number of pyridine rings is 1. The number of fused-ring (bicyclic) bond motifs is 1. The molecule has 1 fully saturated rings. The third kappa shape index (κ3) is 6.62. The van der Waals surface area contributed by atoms with Crippen molar-refractivity contribution in [1.82, 2.24) is 19.9 Å². The molecular weight excluding hydrogens is 512 g/mol. The summed E-state index contributed by atoms with van der Waals surface area (Å²) in [4.78, 5) is 25.3.